The topological polar surface area (TPSA) is 77.1 Å². The third-order valence-electron chi connectivity index (χ3n) is 2.78. The van der Waals surface area contributed by atoms with Crippen molar-refractivity contribution >= 4 is 10.0 Å². The average Bonchev–Trinajstić information content (AvgIpc) is 2.74. The van der Waals surface area contributed by atoms with E-state index >= 15 is 0 Å². The Kier molecular flexibility index (Phi) is 4.04. The molecule has 1 heterocycles. The Bertz CT molecular complexity index is 662. The lowest BCUT2D eigenvalue weighted by Gasteiger charge is -2.05. The van der Waals surface area contributed by atoms with Gasteiger partial charge in [-0.2, -0.15) is 0 Å². The molecule has 0 atom stereocenters. The van der Waals surface area contributed by atoms with Crippen molar-refractivity contribution < 1.29 is 8.42 Å². The number of nitrogens with two attached hydrogens (primary N) is 1. The molecular weight excluding hydrogens is 262 g/mol. The summed E-state index contributed by atoms with van der Waals surface area (Å²) in [6.07, 6.45) is 4.02. The quantitative estimate of drug-likeness (QED) is 0.856. The van der Waals surface area contributed by atoms with Gasteiger partial charge in [-0.15, -0.1) is 0 Å². The van der Waals surface area contributed by atoms with Crippen LogP contribution in [0.25, 0.3) is 0 Å². The highest BCUT2D eigenvalue weighted by molar-refractivity contribution is 7.89. The molecule has 0 bridgehead atoms. The normalized spacial score (nSPS) is 11.7. The van der Waals surface area contributed by atoms with Crippen molar-refractivity contribution in [2.24, 2.45) is 12.2 Å². The van der Waals surface area contributed by atoms with Gasteiger partial charge in [0.15, 0.2) is 0 Å². The molecule has 0 aliphatic carbocycles. The third-order valence-corrected chi connectivity index (χ3v) is 3.69. The Hall–Kier alpha value is -1.63. The highest BCUT2D eigenvalue weighted by Crippen LogP contribution is 2.09. The van der Waals surface area contributed by atoms with E-state index in [1.54, 1.807) is 12.1 Å². The minimum absolute atomic E-state index is 0.145. The lowest BCUT2D eigenvalue weighted by Crippen LogP contribution is -2.15. The van der Waals surface area contributed by atoms with Crippen LogP contribution in [0.2, 0.25) is 0 Å². The first-order chi connectivity index (χ1) is 8.95. The van der Waals surface area contributed by atoms with Gasteiger partial charge in [0.2, 0.25) is 10.0 Å². The molecule has 5 nitrogen and oxygen atoms in total. The fourth-order valence-corrected chi connectivity index (χ4v) is 2.43. The Balaban J connectivity index is 1.96. The van der Waals surface area contributed by atoms with Crippen LogP contribution < -0.4 is 10.5 Å². The standard InChI is InChI=1S/C13H17N3O2S/c1-16-6-5-12(10-16)9-15-8-11-3-2-4-13(7-11)19(14,17)18/h2-7,10,15H,8-9H2,1H3,(H2,14,17,18). The van der Waals surface area contributed by atoms with Crippen LogP contribution >= 0.6 is 0 Å². The third kappa shape index (κ3) is 3.92. The summed E-state index contributed by atoms with van der Waals surface area (Å²) in [6.45, 7) is 1.33. The van der Waals surface area contributed by atoms with Gasteiger partial charge in [-0.05, 0) is 29.3 Å². The van der Waals surface area contributed by atoms with Crippen molar-refractivity contribution in [1.29, 1.82) is 0 Å². The lowest BCUT2D eigenvalue weighted by atomic mass is 10.2. The number of hydrogen-bond acceptors (Lipinski definition) is 3. The van der Waals surface area contributed by atoms with E-state index in [0.717, 1.165) is 12.1 Å². The molecule has 19 heavy (non-hydrogen) atoms. The number of rotatable bonds is 5. The zero-order chi connectivity index (χ0) is 13.9. The molecule has 0 spiro atoms. The maximum absolute atomic E-state index is 11.2. The van der Waals surface area contributed by atoms with Crippen LogP contribution in [0.1, 0.15) is 11.1 Å². The van der Waals surface area contributed by atoms with Crippen molar-refractivity contribution in [3.8, 4) is 0 Å². The predicted molar refractivity (Wildman–Crippen MR) is 73.8 cm³/mol. The van der Waals surface area contributed by atoms with Crippen LogP contribution in [-0.4, -0.2) is 13.0 Å². The van der Waals surface area contributed by atoms with Crippen molar-refractivity contribution in [1.82, 2.24) is 9.88 Å². The van der Waals surface area contributed by atoms with Crippen molar-refractivity contribution in [3.05, 3.63) is 53.9 Å². The van der Waals surface area contributed by atoms with Crippen LogP contribution in [0.15, 0.2) is 47.6 Å². The molecular formula is C13H17N3O2S. The van der Waals surface area contributed by atoms with E-state index in [-0.39, 0.29) is 4.90 Å². The number of aryl methyl sites for hydroxylation is 1. The Morgan fingerprint density at radius 3 is 2.58 bits per heavy atom. The minimum Gasteiger partial charge on any atom is -0.357 e. The molecule has 0 radical (unpaired) electrons. The molecule has 0 fully saturated rings. The first-order valence-corrected chi connectivity index (χ1v) is 7.43. The molecule has 6 heteroatoms. The van der Waals surface area contributed by atoms with E-state index in [2.05, 4.69) is 5.32 Å². The van der Waals surface area contributed by atoms with Gasteiger partial charge in [0.05, 0.1) is 4.90 Å². The molecule has 2 aromatic rings. The lowest BCUT2D eigenvalue weighted by molar-refractivity contribution is 0.597. The minimum atomic E-state index is -3.63. The van der Waals surface area contributed by atoms with Crippen LogP contribution in [-0.2, 0) is 30.2 Å². The Morgan fingerprint density at radius 2 is 1.95 bits per heavy atom. The monoisotopic (exact) mass is 279 g/mol. The van der Waals surface area contributed by atoms with E-state index in [4.69, 9.17) is 5.14 Å². The molecule has 1 aromatic heterocycles. The van der Waals surface area contributed by atoms with Gasteiger partial charge >= 0.3 is 0 Å². The average molecular weight is 279 g/mol. The number of nitrogens with zero attached hydrogens (tertiary/aromatic N) is 1. The first-order valence-electron chi connectivity index (χ1n) is 5.88. The van der Waals surface area contributed by atoms with E-state index in [1.165, 1.54) is 11.6 Å². The molecule has 1 aromatic carbocycles. The van der Waals surface area contributed by atoms with Gasteiger partial charge in [-0.1, -0.05) is 12.1 Å². The summed E-state index contributed by atoms with van der Waals surface area (Å²) in [5.41, 5.74) is 2.08. The van der Waals surface area contributed by atoms with Crippen LogP contribution in [0.5, 0.6) is 0 Å². The number of hydrogen-bond donors (Lipinski definition) is 2. The second-order valence-corrected chi connectivity index (χ2v) is 6.04. The van der Waals surface area contributed by atoms with Crippen LogP contribution in [0.4, 0.5) is 0 Å². The van der Waals surface area contributed by atoms with Gasteiger partial charge in [0, 0.05) is 32.5 Å². The maximum atomic E-state index is 11.2. The van der Waals surface area contributed by atoms with Gasteiger partial charge in [-0.25, -0.2) is 13.6 Å². The molecule has 102 valence electrons. The fourth-order valence-electron chi connectivity index (χ4n) is 1.85. The number of benzene rings is 1. The summed E-state index contributed by atoms with van der Waals surface area (Å²) in [7, 11) is -1.66. The summed E-state index contributed by atoms with van der Waals surface area (Å²) in [5, 5.41) is 8.36. The van der Waals surface area contributed by atoms with Crippen molar-refractivity contribution in [2.75, 3.05) is 0 Å². The van der Waals surface area contributed by atoms with E-state index in [0.29, 0.717) is 6.54 Å². The van der Waals surface area contributed by atoms with Crippen molar-refractivity contribution in [2.45, 2.75) is 18.0 Å². The maximum Gasteiger partial charge on any atom is 0.238 e. The smallest absolute Gasteiger partial charge is 0.238 e. The summed E-state index contributed by atoms with van der Waals surface area (Å²) < 4.78 is 24.5. The molecule has 0 saturated carbocycles. The molecule has 0 aliphatic rings. The molecule has 2 rings (SSSR count). The first kappa shape index (κ1) is 13.8. The van der Waals surface area contributed by atoms with Crippen molar-refractivity contribution in [3.63, 3.8) is 0 Å². The number of aromatic nitrogens is 1. The Labute approximate surface area is 113 Å². The number of sulfonamides is 1. The Morgan fingerprint density at radius 1 is 1.21 bits per heavy atom. The largest absolute Gasteiger partial charge is 0.357 e. The SMILES string of the molecule is Cn1ccc(CNCc2cccc(S(N)(=O)=O)c2)c1. The van der Waals surface area contributed by atoms with Gasteiger partial charge in [0.25, 0.3) is 0 Å². The zero-order valence-corrected chi connectivity index (χ0v) is 11.5. The summed E-state index contributed by atoms with van der Waals surface area (Å²) in [5.74, 6) is 0. The van der Waals surface area contributed by atoms with Crippen LogP contribution in [0, 0.1) is 0 Å². The van der Waals surface area contributed by atoms with Gasteiger partial charge in [-0.3, -0.25) is 0 Å². The fraction of sp³-hybridized carbons (Fsp3) is 0.231. The number of primary sulfonamides is 1. The predicted octanol–water partition coefficient (Wildman–Crippen LogP) is 0.962. The van der Waals surface area contributed by atoms with E-state index in [1.807, 2.05) is 36.1 Å². The second-order valence-electron chi connectivity index (χ2n) is 4.48. The summed E-state index contributed by atoms with van der Waals surface area (Å²) in [4.78, 5) is 0.145. The van der Waals surface area contributed by atoms with Crippen LogP contribution in [0.3, 0.4) is 0 Å². The van der Waals surface area contributed by atoms with E-state index < -0.39 is 10.0 Å². The molecule has 0 unspecified atom stereocenters. The second kappa shape index (κ2) is 5.56. The van der Waals surface area contributed by atoms with E-state index in [9.17, 15) is 8.42 Å². The molecule has 3 N–H and O–H groups in total. The summed E-state index contributed by atoms with van der Waals surface area (Å²) >= 11 is 0. The van der Waals surface area contributed by atoms with Gasteiger partial charge in [0.1, 0.15) is 0 Å². The highest BCUT2D eigenvalue weighted by atomic mass is 32.2. The number of nitrogens with one attached hydrogen (secondary N) is 1. The summed E-state index contributed by atoms with van der Waals surface area (Å²) in [6, 6.07) is 8.68. The van der Waals surface area contributed by atoms with Gasteiger partial charge < -0.3 is 9.88 Å². The highest BCUT2D eigenvalue weighted by Gasteiger charge is 2.07. The molecule has 0 amide bonds. The molecule has 0 saturated heterocycles. The molecule has 0 aliphatic heterocycles. The zero-order valence-electron chi connectivity index (χ0n) is 10.7.